The predicted octanol–water partition coefficient (Wildman–Crippen LogP) is 3.12. The topological polar surface area (TPSA) is 22.1 Å². The molecule has 1 aliphatic rings. The van der Waals surface area contributed by atoms with Gasteiger partial charge < -0.3 is 4.74 Å². The molecule has 2 rings (SSSR count). The Morgan fingerprint density at radius 3 is 2.80 bits per heavy atom. The lowest BCUT2D eigenvalue weighted by molar-refractivity contribution is -0.0535. The quantitative estimate of drug-likeness (QED) is 0.766. The molecule has 0 saturated heterocycles. The SMILES string of the molecule is CCc1c(C2CC2)ccnc1OC(F)F. The van der Waals surface area contributed by atoms with Crippen molar-refractivity contribution in [2.24, 2.45) is 0 Å². The molecule has 0 unspecified atom stereocenters. The second kappa shape index (κ2) is 4.13. The largest absolute Gasteiger partial charge is 0.417 e. The van der Waals surface area contributed by atoms with Gasteiger partial charge in [-0.15, -0.1) is 0 Å². The van der Waals surface area contributed by atoms with E-state index in [1.165, 1.54) is 0 Å². The van der Waals surface area contributed by atoms with Crippen molar-refractivity contribution in [3.8, 4) is 5.88 Å². The van der Waals surface area contributed by atoms with Crippen LogP contribution in [-0.2, 0) is 6.42 Å². The van der Waals surface area contributed by atoms with Crippen molar-refractivity contribution in [3.05, 3.63) is 23.4 Å². The van der Waals surface area contributed by atoms with E-state index in [-0.39, 0.29) is 5.88 Å². The van der Waals surface area contributed by atoms with Gasteiger partial charge in [-0.05, 0) is 36.8 Å². The Labute approximate surface area is 87.3 Å². The average Bonchev–Trinajstić information content (AvgIpc) is 2.99. The van der Waals surface area contributed by atoms with Crippen molar-refractivity contribution < 1.29 is 13.5 Å². The Balaban J connectivity index is 2.31. The van der Waals surface area contributed by atoms with E-state index in [4.69, 9.17) is 0 Å². The van der Waals surface area contributed by atoms with Crippen molar-refractivity contribution in [1.82, 2.24) is 4.98 Å². The van der Waals surface area contributed by atoms with Gasteiger partial charge in [0.15, 0.2) is 0 Å². The number of ether oxygens (including phenoxy) is 1. The Morgan fingerprint density at radius 2 is 2.27 bits per heavy atom. The minimum Gasteiger partial charge on any atom is -0.417 e. The van der Waals surface area contributed by atoms with Crippen LogP contribution in [0.25, 0.3) is 0 Å². The van der Waals surface area contributed by atoms with E-state index in [0.717, 1.165) is 24.0 Å². The summed E-state index contributed by atoms with van der Waals surface area (Å²) in [5, 5.41) is 0. The lowest BCUT2D eigenvalue weighted by atomic mass is 10.0. The molecule has 2 nitrogen and oxygen atoms in total. The minimum absolute atomic E-state index is 0.0944. The van der Waals surface area contributed by atoms with Gasteiger partial charge in [-0.25, -0.2) is 4.98 Å². The van der Waals surface area contributed by atoms with E-state index in [2.05, 4.69) is 9.72 Å². The maximum absolute atomic E-state index is 12.1. The highest BCUT2D eigenvalue weighted by atomic mass is 19.3. The molecule has 0 aromatic carbocycles. The van der Waals surface area contributed by atoms with Gasteiger partial charge in [-0.2, -0.15) is 8.78 Å². The van der Waals surface area contributed by atoms with E-state index in [0.29, 0.717) is 12.3 Å². The zero-order valence-corrected chi connectivity index (χ0v) is 8.54. The molecule has 82 valence electrons. The number of aromatic nitrogens is 1. The third-order valence-electron chi connectivity index (χ3n) is 2.62. The molecule has 1 saturated carbocycles. The molecule has 1 heterocycles. The lowest BCUT2D eigenvalue weighted by Gasteiger charge is -2.11. The predicted molar refractivity (Wildman–Crippen MR) is 52.2 cm³/mol. The summed E-state index contributed by atoms with van der Waals surface area (Å²) in [4.78, 5) is 3.86. The van der Waals surface area contributed by atoms with Gasteiger partial charge in [0, 0.05) is 11.8 Å². The summed E-state index contributed by atoms with van der Waals surface area (Å²) in [6.45, 7) is -0.862. The smallest absolute Gasteiger partial charge is 0.388 e. The highest BCUT2D eigenvalue weighted by Gasteiger charge is 2.27. The first-order valence-corrected chi connectivity index (χ1v) is 5.15. The van der Waals surface area contributed by atoms with Crippen LogP contribution in [0.5, 0.6) is 5.88 Å². The Hall–Kier alpha value is -1.19. The number of pyridine rings is 1. The fourth-order valence-corrected chi connectivity index (χ4v) is 1.81. The van der Waals surface area contributed by atoms with Gasteiger partial charge in [-0.1, -0.05) is 6.92 Å². The molecule has 0 bridgehead atoms. The first-order chi connectivity index (χ1) is 7.22. The standard InChI is InChI=1S/C11H13F2NO/c1-2-8-9(7-3-4-7)5-6-14-10(8)15-11(12)13/h5-7,11H,2-4H2,1H3. The van der Waals surface area contributed by atoms with E-state index in [1.807, 2.05) is 13.0 Å². The third kappa shape index (κ3) is 2.25. The van der Waals surface area contributed by atoms with Crippen LogP contribution < -0.4 is 4.74 Å². The number of alkyl halides is 2. The molecule has 0 amide bonds. The van der Waals surface area contributed by atoms with E-state index < -0.39 is 6.61 Å². The number of hydrogen-bond donors (Lipinski definition) is 0. The summed E-state index contributed by atoms with van der Waals surface area (Å²) < 4.78 is 28.7. The normalized spacial score (nSPS) is 15.7. The first kappa shape index (κ1) is 10.3. The van der Waals surface area contributed by atoms with Gasteiger partial charge in [0.2, 0.25) is 5.88 Å². The Kier molecular flexibility index (Phi) is 2.84. The Bertz CT molecular complexity index is 350. The van der Waals surface area contributed by atoms with Crippen LogP contribution in [0.15, 0.2) is 12.3 Å². The van der Waals surface area contributed by atoms with E-state index >= 15 is 0 Å². The van der Waals surface area contributed by atoms with E-state index in [9.17, 15) is 8.78 Å². The molecule has 0 radical (unpaired) electrons. The van der Waals surface area contributed by atoms with Crippen LogP contribution in [-0.4, -0.2) is 11.6 Å². The fourth-order valence-electron chi connectivity index (χ4n) is 1.81. The molecule has 1 aromatic rings. The molecule has 0 spiro atoms. The maximum atomic E-state index is 12.1. The molecule has 15 heavy (non-hydrogen) atoms. The number of rotatable bonds is 4. The summed E-state index contributed by atoms with van der Waals surface area (Å²) in [7, 11) is 0. The van der Waals surface area contributed by atoms with Crippen LogP contribution in [0, 0.1) is 0 Å². The Morgan fingerprint density at radius 1 is 1.53 bits per heavy atom. The minimum atomic E-state index is -2.79. The van der Waals surface area contributed by atoms with Crippen molar-refractivity contribution in [2.45, 2.75) is 38.7 Å². The molecule has 0 atom stereocenters. The van der Waals surface area contributed by atoms with Crippen molar-refractivity contribution in [2.75, 3.05) is 0 Å². The number of hydrogen-bond acceptors (Lipinski definition) is 2. The molecule has 1 fully saturated rings. The van der Waals surface area contributed by atoms with Gasteiger partial charge in [0.1, 0.15) is 0 Å². The van der Waals surface area contributed by atoms with Gasteiger partial charge in [-0.3, -0.25) is 0 Å². The first-order valence-electron chi connectivity index (χ1n) is 5.15. The summed E-state index contributed by atoms with van der Waals surface area (Å²) >= 11 is 0. The molecule has 1 aromatic heterocycles. The molecule has 0 N–H and O–H groups in total. The number of nitrogens with zero attached hydrogens (tertiary/aromatic N) is 1. The van der Waals surface area contributed by atoms with Crippen LogP contribution in [0.4, 0.5) is 8.78 Å². The van der Waals surface area contributed by atoms with Crippen LogP contribution in [0.1, 0.15) is 36.8 Å². The highest BCUT2D eigenvalue weighted by Crippen LogP contribution is 2.43. The third-order valence-corrected chi connectivity index (χ3v) is 2.62. The number of halogens is 2. The van der Waals surface area contributed by atoms with Crippen LogP contribution >= 0.6 is 0 Å². The molecule has 4 heteroatoms. The second-order valence-corrected chi connectivity index (χ2v) is 3.69. The van der Waals surface area contributed by atoms with Crippen LogP contribution in [0.2, 0.25) is 0 Å². The maximum Gasteiger partial charge on any atom is 0.388 e. The van der Waals surface area contributed by atoms with Crippen molar-refractivity contribution >= 4 is 0 Å². The monoisotopic (exact) mass is 213 g/mol. The summed E-state index contributed by atoms with van der Waals surface area (Å²) in [6, 6.07) is 1.91. The summed E-state index contributed by atoms with van der Waals surface area (Å²) in [6.07, 6.45) is 4.52. The zero-order valence-electron chi connectivity index (χ0n) is 8.54. The average molecular weight is 213 g/mol. The lowest BCUT2D eigenvalue weighted by Crippen LogP contribution is -2.07. The summed E-state index contributed by atoms with van der Waals surface area (Å²) in [5.41, 5.74) is 1.96. The van der Waals surface area contributed by atoms with Crippen molar-refractivity contribution in [3.63, 3.8) is 0 Å². The van der Waals surface area contributed by atoms with Crippen LogP contribution in [0.3, 0.4) is 0 Å². The fraction of sp³-hybridized carbons (Fsp3) is 0.545. The second-order valence-electron chi connectivity index (χ2n) is 3.69. The van der Waals surface area contributed by atoms with E-state index in [1.54, 1.807) is 6.20 Å². The van der Waals surface area contributed by atoms with Crippen molar-refractivity contribution in [1.29, 1.82) is 0 Å². The van der Waals surface area contributed by atoms with Gasteiger partial charge in [0.25, 0.3) is 0 Å². The molecular formula is C11H13F2NO. The zero-order chi connectivity index (χ0) is 10.8. The van der Waals surface area contributed by atoms with Gasteiger partial charge in [0.05, 0.1) is 0 Å². The summed E-state index contributed by atoms with van der Waals surface area (Å²) in [5.74, 6) is 0.625. The molecule has 0 aliphatic heterocycles. The van der Waals surface area contributed by atoms with Gasteiger partial charge >= 0.3 is 6.61 Å². The molecule has 1 aliphatic carbocycles. The molecular weight excluding hydrogens is 200 g/mol. The highest BCUT2D eigenvalue weighted by molar-refractivity contribution is 5.38.